The highest BCUT2D eigenvalue weighted by atomic mass is 32.2. The summed E-state index contributed by atoms with van der Waals surface area (Å²) in [7, 11) is -3.17. The third kappa shape index (κ3) is 5.30. The molecule has 0 spiro atoms. The monoisotopic (exact) mass is 285 g/mol. The maximum atomic E-state index is 11.6. The summed E-state index contributed by atoms with van der Waals surface area (Å²) in [6, 6.07) is 7.03. The second kappa shape index (κ2) is 7.03. The normalized spacial score (nSPS) is 13.7. The first-order valence-electron chi connectivity index (χ1n) is 6.49. The van der Waals surface area contributed by atoms with Gasteiger partial charge in [-0.15, -0.1) is 0 Å². The van der Waals surface area contributed by atoms with Crippen molar-refractivity contribution < 1.29 is 13.2 Å². The van der Waals surface area contributed by atoms with Crippen molar-refractivity contribution in [3.8, 4) is 0 Å². The van der Waals surface area contributed by atoms with E-state index in [-0.39, 0.29) is 12.1 Å². The molecule has 1 unspecified atom stereocenters. The number of sulfone groups is 1. The van der Waals surface area contributed by atoms with E-state index in [4.69, 9.17) is 4.74 Å². The standard InChI is InChI=1S/C14H23NO3S/c1-5-15-14(10-18-11(2)3)12-7-6-8-13(9-12)19(4,16)17/h6-9,11,14-15H,5,10H2,1-4H3. The van der Waals surface area contributed by atoms with Gasteiger partial charge in [0.25, 0.3) is 0 Å². The molecule has 0 bridgehead atoms. The minimum absolute atomic E-state index is 0.00843. The molecule has 0 fully saturated rings. The lowest BCUT2D eigenvalue weighted by atomic mass is 10.1. The van der Waals surface area contributed by atoms with Crippen LogP contribution < -0.4 is 5.32 Å². The van der Waals surface area contributed by atoms with Crippen LogP contribution in [-0.4, -0.2) is 33.9 Å². The zero-order valence-electron chi connectivity index (χ0n) is 12.0. The van der Waals surface area contributed by atoms with Crippen molar-refractivity contribution in [3.63, 3.8) is 0 Å². The van der Waals surface area contributed by atoms with Crippen molar-refractivity contribution >= 4 is 9.84 Å². The smallest absolute Gasteiger partial charge is 0.175 e. The molecule has 0 aliphatic heterocycles. The second-order valence-corrected chi connectivity index (χ2v) is 6.85. The molecular weight excluding hydrogens is 262 g/mol. The lowest BCUT2D eigenvalue weighted by Gasteiger charge is -2.20. The first kappa shape index (κ1) is 16.1. The van der Waals surface area contributed by atoms with Crippen LogP contribution in [0.25, 0.3) is 0 Å². The molecule has 1 N–H and O–H groups in total. The number of rotatable bonds is 7. The van der Waals surface area contributed by atoms with Gasteiger partial charge in [-0.05, 0) is 38.1 Å². The topological polar surface area (TPSA) is 55.4 Å². The third-order valence-electron chi connectivity index (χ3n) is 2.74. The second-order valence-electron chi connectivity index (χ2n) is 4.84. The predicted octanol–water partition coefficient (Wildman–Crippen LogP) is 2.17. The van der Waals surface area contributed by atoms with E-state index < -0.39 is 9.84 Å². The van der Waals surface area contributed by atoms with Crippen LogP contribution in [0, 0.1) is 0 Å². The van der Waals surface area contributed by atoms with Crippen molar-refractivity contribution in [2.45, 2.75) is 37.8 Å². The van der Waals surface area contributed by atoms with Gasteiger partial charge in [0.15, 0.2) is 9.84 Å². The first-order valence-corrected chi connectivity index (χ1v) is 8.38. The summed E-state index contributed by atoms with van der Waals surface area (Å²) in [5, 5.41) is 3.31. The summed E-state index contributed by atoms with van der Waals surface area (Å²) in [6.07, 6.45) is 1.37. The van der Waals surface area contributed by atoms with Crippen LogP contribution in [-0.2, 0) is 14.6 Å². The first-order chi connectivity index (χ1) is 8.84. The molecule has 1 aromatic carbocycles. The minimum atomic E-state index is -3.17. The average Bonchev–Trinajstić information content (AvgIpc) is 2.33. The van der Waals surface area contributed by atoms with Gasteiger partial charge in [-0.25, -0.2) is 8.42 Å². The van der Waals surface area contributed by atoms with Crippen LogP contribution in [0.3, 0.4) is 0 Å². The fourth-order valence-electron chi connectivity index (χ4n) is 1.77. The Morgan fingerprint density at radius 2 is 2.00 bits per heavy atom. The number of hydrogen-bond acceptors (Lipinski definition) is 4. The Hall–Kier alpha value is -0.910. The van der Waals surface area contributed by atoms with Crippen molar-refractivity contribution in [1.82, 2.24) is 5.32 Å². The van der Waals surface area contributed by atoms with Gasteiger partial charge in [-0.3, -0.25) is 0 Å². The summed E-state index contributed by atoms with van der Waals surface area (Å²) < 4.78 is 28.8. The van der Waals surface area contributed by atoms with E-state index in [1.807, 2.05) is 26.8 Å². The van der Waals surface area contributed by atoms with Gasteiger partial charge in [-0.2, -0.15) is 0 Å². The maximum absolute atomic E-state index is 11.6. The van der Waals surface area contributed by atoms with Crippen LogP contribution >= 0.6 is 0 Å². The molecule has 5 heteroatoms. The Labute approximate surface area is 116 Å². The molecule has 4 nitrogen and oxygen atoms in total. The van der Waals surface area contributed by atoms with E-state index in [1.54, 1.807) is 18.2 Å². The molecule has 1 atom stereocenters. The van der Waals surface area contributed by atoms with Gasteiger partial charge in [0, 0.05) is 6.26 Å². The van der Waals surface area contributed by atoms with Gasteiger partial charge in [-0.1, -0.05) is 19.1 Å². The molecule has 0 aliphatic rings. The Balaban J connectivity index is 2.96. The quantitative estimate of drug-likeness (QED) is 0.834. The summed E-state index contributed by atoms with van der Waals surface area (Å²) >= 11 is 0. The Kier molecular flexibility index (Phi) is 5.97. The van der Waals surface area contributed by atoms with Crippen molar-refractivity contribution in [2.75, 3.05) is 19.4 Å². The van der Waals surface area contributed by atoms with E-state index in [0.717, 1.165) is 12.1 Å². The highest BCUT2D eigenvalue weighted by molar-refractivity contribution is 7.90. The molecule has 0 aromatic heterocycles. The molecule has 1 rings (SSSR count). The van der Waals surface area contributed by atoms with Crippen LogP contribution in [0.4, 0.5) is 0 Å². The van der Waals surface area contributed by atoms with Gasteiger partial charge in [0.2, 0.25) is 0 Å². The number of benzene rings is 1. The number of hydrogen-bond donors (Lipinski definition) is 1. The van der Waals surface area contributed by atoms with E-state index >= 15 is 0 Å². The van der Waals surface area contributed by atoms with Gasteiger partial charge in [0.1, 0.15) is 0 Å². The minimum Gasteiger partial charge on any atom is -0.377 e. The zero-order chi connectivity index (χ0) is 14.5. The van der Waals surface area contributed by atoms with Gasteiger partial charge >= 0.3 is 0 Å². The van der Waals surface area contributed by atoms with Gasteiger partial charge in [0.05, 0.1) is 23.6 Å². The summed E-state index contributed by atoms with van der Waals surface area (Å²) in [4.78, 5) is 0.345. The molecule has 0 amide bonds. The molecular formula is C14H23NO3S. The van der Waals surface area contributed by atoms with Crippen LogP contribution in [0.1, 0.15) is 32.4 Å². The summed E-state index contributed by atoms with van der Waals surface area (Å²) in [6.45, 7) is 7.31. The van der Waals surface area contributed by atoms with Crippen LogP contribution in [0.15, 0.2) is 29.2 Å². The SMILES string of the molecule is CCNC(COC(C)C)c1cccc(S(C)(=O)=O)c1. The molecule has 0 saturated carbocycles. The zero-order valence-corrected chi connectivity index (χ0v) is 12.8. The van der Waals surface area contributed by atoms with E-state index in [9.17, 15) is 8.42 Å². The molecule has 19 heavy (non-hydrogen) atoms. The summed E-state index contributed by atoms with van der Waals surface area (Å²) in [5.41, 5.74) is 0.936. The highest BCUT2D eigenvalue weighted by Gasteiger charge is 2.14. The van der Waals surface area contributed by atoms with E-state index in [0.29, 0.717) is 11.5 Å². The molecule has 108 valence electrons. The maximum Gasteiger partial charge on any atom is 0.175 e. The van der Waals surface area contributed by atoms with Crippen molar-refractivity contribution in [3.05, 3.63) is 29.8 Å². The lowest BCUT2D eigenvalue weighted by Crippen LogP contribution is -2.26. The third-order valence-corrected chi connectivity index (χ3v) is 3.85. The molecule has 0 radical (unpaired) electrons. The van der Waals surface area contributed by atoms with Crippen molar-refractivity contribution in [2.24, 2.45) is 0 Å². The summed E-state index contributed by atoms with van der Waals surface area (Å²) in [5.74, 6) is 0. The number of nitrogens with one attached hydrogen (secondary N) is 1. The largest absolute Gasteiger partial charge is 0.377 e. The molecule has 0 aliphatic carbocycles. The molecule has 1 aromatic rings. The van der Waals surface area contributed by atoms with Crippen LogP contribution in [0.5, 0.6) is 0 Å². The Morgan fingerprint density at radius 3 is 2.53 bits per heavy atom. The van der Waals surface area contributed by atoms with Crippen LogP contribution in [0.2, 0.25) is 0 Å². The highest BCUT2D eigenvalue weighted by Crippen LogP contribution is 2.18. The predicted molar refractivity (Wildman–Crippen MR) is 77.1 cm³/mol. The number of ether oxygens (including phenoxy) is 1. The fraction of sp³-hybridized carbons (Fsp3) is 0.571. The average molecular weight is 285 g/mol. The molecule has 0 heterocycles. The number of likely N-dealkylation sites (N-methyl/N-ethyl adjacent to an activating group) is 1. The lowest BCUT2D eigenvalue weighted by molar-refractivity contribution is 0.0614. The van der Waals surface area contributed by atoms with Crippen molar-refractivity contribution in [1.29, 1.82) is 0 Å². The van der Waals surface area contributed by atoms with Gasteiger partial charge < -0.3 is 10.1 Å². The Bertz CT molecular complexity index is 497. The fourth-order valence-corrected chi connectivity index (χ4v) is 2.45. The molecule has 0 saturated heterocycles. The Morgan fingerprint density at radius 1 is 1.32 bits per heavy atom. The van der Waals surface area contributed by atoms with E-state index in [2.05, 4.69) is 5.32 Å². The van der Waals surface area contributed by atoms with E-state index in [1.165, 1.54) is 6.26 Å².